The number of rotatable bonds is 6. The molecule has 0 bridgehead atoms. The molecule has 1 fully saturated rings. The van der Waals surface area contributed by atoms with Crippen LogP contribution in [0.25, 0.3) is 0 Å². The number of esters is 1. The minimum Gasteiger partial charge on any atom is -0.466 e. The van der Waals surface area contributed by atoms with Crippen molar-refractivity contribution >= 4 is 17.6 Å². The van der Waals surface area contributed by atoms with E-state index in [2.05, 4.69) is 11.4 Å². The number of hydrogen-bond donors (Lipinski definition) is 2. The topological polar surface area (TPSA) is 59.8 Å². The van der Waals surface area contributed by atoms with Crippen LogP contribution in [0.15, 0.2) is 18.2 Å². The Balaban J connectivity index is 1.79. The number of quaternary nitrogens is 1. The monoisotopic (exact) mass is 333 g/mol. The van der Waals surface area contributed by atoms with Crippen LogP contribution in [0.4, 0.5) is 5.69 Å². The van der Waals surface area contributed by atoms with Crippen molar-refractivity contribution in [2.75, 3.05) is 31.6 Å². The molecule has 5 nitrogen and oxygen atoms in total. The third kappa shape index (κ3) is 5.64. The molecule has 0 spiro atoms. The molecule has 1 aliphatic rings. The molecule has 1 aliphatic heterocycles. The highest BCUT2D eigenvalue weighted by molar-refractivity contribution is 5.90. The van der Waals surface area contributed by atoms with E-state index < -0.39 is 0 Å². The zero-order valence-corrected chi connectivity index (χ0v) is 15.0. The summed E-state index contributed by atoms with van der Waals surface area (Å²) in [4.78, 5) is 25.4. The Hall–Kier alpha value is -1.88. The van der Waals surface area contributed by atoms with E-state index in [1.165, 1.54) is 4.90 Å². The van der Waals surface area contributed by atoms with Crippen molar-refractivity contribution < 1.29 is 19.2 Å². The standard InChI is InChI=1S/C19H28N2O3/c1-4-24-19(23)16-6-5-8-21(13-16)9-7-18(22)20-17-11-14(2)10-15(3)12-17/h10-12,16H,4-9,13H2,1-3H3,(H,20,22)/p+1. The molecule has 0 aliphatic carbocycles. The number of aryl methyl sites for hydroxylation is 2. The smallest absolute Gasteiger partial charge is 0.314 e. The van der Waals surface area contributed by atoms with Crippen molar-refractivity contribution in [3.05, 3.63) is 29.3 Å². The van der Waals surface area contributed by atoms with Gasteiger partial charge in [0.15, 0.2) is 0 Å². The molecule has 1 aromatic carbocycles. The van der Waals surface area contributed by atoms with Crippen molar-refractivity contribution in [1.82, 2.24) is 0 Å². The van der Waals surface area contributed by atoms with Gasteiger partial charge in [-0.25, -0.2) is 0 Å². The van der Waals surface area contributed by atoms with Gasteiger partial charge in [-0.3, -0.25) is 9.59 Å². The Morgan fingerprint density at radius 3 is 2.62 bits per heavy atom. The number of ether oxygens (including phenoxy) is 1. The molecule has 24 heavy (non-hydrogen) atoms. The second kappa shape index (κ2) is 8.83. The summed E-state index contributed by atoms with van der Waals surface area (Å²) in [6.45, 7) is 8.87. The molecule has 2 atom stereocenters. The first-order valence-electron chi connectivity index (χ1n) is 8.86. The SMILES string of the molecule is CCOC(=O)C1CCC[NH+](CCC(=O)Nc2cc(C)cc(C)c2)C1. The molecule has 5 heteroatoms. The van der Waals surface area contributed by atoms with Gasteiger partial charge in [0.1, 0.15) is 5.92 Å². The Labute approximate surface area is 144 Å². The average molecular weight is 333 g/mol. The summed E-state index contributed by atoms with van der Waals surface area (Å²) in [6, 6.07) is 6.05. The van der Waals surface area contributed by atoms with Crippen LogP contribution in [0.2, 0.25) is 0 Å². The van der Waals surface area contributed by atoms with Gasteiger partial charge in [-0.05, 0) is 56.9 Å². The van der Waals surface area contributed by atoms with E-state index >= 15 is 0 Å². The van der Waals surface area contributed by atoms with Gasteiger partial charge >= 0.3 is 5.97 Å². The zero-order chi connectivity index (χ0) is 17.5. The van der Waals surface area contributed by atoms with E-state index in [4.69, 9.17) is 4.74 Å². The quantitative estimate of drug-likeness (QED) is 0.776. The normalized spacial score (nSPS) is 20.5. The lowest BCUT2D eigenvalue weighted by Gasteiger charge is -2.28. The predicted molar refractivity (Wildman–Crippen MR) is 94.1 cm³/mol. The zero-order valence-electron chi connectivity index (χ0n) is 15.0. The van der Waals surface area contributed by atoms with E-state index in [0.29, 0.717) is 13.0 Å². The van der Waals surface area contributed by atoms with Crippen LogP contribution in [-0.4, -0.2) is 38.1 Å². The molecule has 1 heterocycles. The summed E-state index contributed by atoms with van der Waals surface area (Å²) in [7, 11) is 0. The molecule has 132 valence electrons. The van der Waals surface area contributed by atoms with Gasteiger partial charge in [-0.15, -0.1) is 0 Å². The predicted octanol–water partition coefficient (Wildman–Crippen LogP) is 1.49. The number of carbonyl (C=O) groups is 2. The lowest BCUT2D eigenvalue weighted by molar-refractivity contribution is -0.906. The molecule has 2 unspecified atom stereocenters. The van der Waals surface area contributed by atoms with Gasteiger partial charge in [-0.1, -0.05) is 6.07 Å². The van der Waals surface area contributed by atoms with E-state index in [9.17, 15) is 9.59 Å². The largest absolute Gasteiger partial charge is 0.466 e. The second-order valence-corrected chi connectivity index (χ2v) is 6.72. The minimum absolute atomic E-state index is 0.0174. The second-order valence-electron chi connectivity index (χ2n) is 6.72. The van der Waals surface area contributed by atoms with E-state index in [-0.39, 0.29) is 17.8 Å². The number of anilines is 1. The molecule has 1 saturated heterocycles. The van der Waals surface area contributed by atoms with Crippen LogP contribution in [-0.2, 0) is 14.3 Å². The maximum Gasteiger partial charge on any atom is 0.314 e. The summed E-state index contributed by atoms with van der Waals surface area (Å²) in [5.74, 6) is -0.0728. The van der Waals surface area contributed by atoms with Crippen LogP contribution in [0.3, 0.4) is 0 Å². The number of carbonyl (C=O) groups excluding carboxylic acids is 2. The van der Waals surface area contributed by atoms with Gasteiger partial charge < -0.3 is 15.0 Å². The maximum absolute atomic E-state index is 12.2. The molecular formula is C19H29N2O3+. The lowest BCUT2D eigenvalue weighted by Crippen LogP contribution is -3.13. The number of nitrogens with one attached hydrogen (secondary N) is 2. The molecule has 0 saturated carbocycles. The Morgan fingerprint density at radius 2 is 1.96 bits per heavy atom. The Kier molecular flexibility index (Phi) is 6.79. The fourth-order valence-corrected chi connectivity index (χ4v) is 3.40. The van der Waals surface area contributed by atoms with Crippen LogP contribution in [0, 0.1) is 19.8 Å². The third-order valence-electron chi connectivity index (χ3n) is 4.45. The maximum atomic E-state index is 12.2. The molecule has 1 amide bonds. The van der Waals surface area contributed by atoms with Gasteiger partial charge in [-0.2, -0.15) is 0 Å². The van der Waals surface area contributed by atoms with Gasteiger partial charge in [0.05, 0.1) is 32.7 Å². The van der Waals surface area contributed by atoms with Crippen LogP contribution < -0.4 is 10.2 Å². The fraction of sp³-hybridized carbons (Fsp3) is 0.579. The number of amides is 1. The molecule has 2 N–H and O–H groups in total. The highest BCUT2D eigenvalue weighted by atomic mass is 16.5. The summed E-state index contributed by atoms with van der Waals surface area (Å²) in [5.41, 5.74) is 3.14. The van der Waals surface area contributed by atoms with Gasteiger partial charge in [0, 0.05) is 5.69 Å². The highest BCUT2D eigenvalue weighted by Crippen LogP contribution is 2.14. The van der Waals surface area contributed by atoms with Gasteiger partial charge in [0.2, 0.25) is 5.91 Å². The van der Waals surface area contributed by atoms with Gasteiger partial charge in [0.25, 0.3) is 0 Å². The molecule has 2 rings (SSSR count). The molecule has 1 aromatic rings. The lowest BCUT2D eigenvalue weighted by atomic mass is 9.98. The first kappa shape index (κ1) is 18.5. The Bertz CT molecular complexity index is 566. The Morgan fingerprint density at radius 1 is 1.25 bits per heavy atom. The van der Waals surface area contributed by atoms with Crippen molar-refractivity contribution in [2.24, 2.45) is 5.92 Å². The third-order valence-corrected chi connectivity index (χ3v) is 4.45. The van der Waals surface area contributed by atoms with Crippen molar-refractivity contribution in [3.63, 3.8) is 0 Å². The van der Waals surface area contributed by atoms with Crippen LogP contribution in [0.5, 0.6) is 0 Å². The first-order chi connectivity index (χ1) is 11.5. The number of piperidine rings is 1. The average Bonchev–Trinajstić information content (AvgIpc) is 2.52. The summed E-state index contributed by atoms with van der Waals surface area (Å²) >= 11 is 0. The van der Waals surface area contributed by atoms with Crippen LogP contribution in [0.1, 0.15) is 37.3 Å². The number of hydrogen-bond acceptors (Lipinski definition) is 3. The summed E-state index contributed by atoms with van der Waals surface area (Å²) in [6.07, 6.45) is 2.38. The van der Waals surface area contributed by atoms with E-state index in [1.807, 2.05) is 32.9 Å². The van der Waals surface area contributed by atoms with Crippen molar-refractivity contribution in [1.29, 1.82) is 0 Å². The summed E-state index contributed by atoms with van der Waals surface area (Å²) < 4.78 is 5.13. The van der Waals surface area contributed by atoms with Crippen molar-refractivity contribution in [3.8, 4) is 0 Å². The fourth-order valence-electron chi connectivity index (χ4n) is 3.40. The number of benzene rings is 1. The minimum atomic E-state index is -0.0885. The number of likely N-dealkylation sites (tertiary alicyclic amines) is 1. The first-order valence-corrected chi connectivity index (χ1v) is 8.86. The van der Waals surface area contributed by atoms with E-state index in [0.717, 1.165) is 49.3 Å². The summed E-state index contributed by atoms with van der Waals surface area (Å²) in [5, 5.41) is 2.97. The van der Waals surface area contributed by atoms with Crippen LogP contribution >= 0.6 is 0 Å². The molecule has 0 radical (unpaired) electrons. The highest BCUT2D eigenvalue weighted by Gasteiger charge is 2.29. The molecular weight excluding hydrogens is 304 g/mol. The van der Waals surface area contributed by atoms with E-state index in [1.54, 1.807) is 0 Å². The van der Waals surface area contributed by atoms with Crippen molar-refractivity contribution in [2.45, 2.75) is 40.0 Å². The molecule has 0 aromatic heterocycles.